The Balaban J connectivity index is 1.79. The third-order valence-corrected chi connectivity index (χ3v) is 4.87. The van der Waals surface area contributed by atoms with Gasteiger partial charge in [-0.15, -0.1) is 0 Å². The topological polar surface area (TPSA) is 29.1 Å². The zero-order valence-electron chi connectivity index (χ0n) is 11.5. The number of carbonyl (C=O) groups excluding carboxylic acids is 1. The van der Waals surface area contributed by atoms with E-state index in [4.69, 9.17) is 0 Å². The van der Waals surface area contributed by atoms with Crippen LogP contribution in [0.5, 0.6) is 0 Å². The normalized spacial score (nSPS) is 22.5. The van der Waals surface area contributed by atoms with Crippen molar-refractivity contribution in [3.8, 4) is 0 Å². The summed E-state index contributed by atoms with van der Waals surface area (Å²) in [5.41, 5.74) is 1.21. The van der Waals surface area contributed by atoms with Gasteiger partial charge in [0.1, 0.15) is 0 Å². The number of benzene rings is 1. The molecule has 2 fully saturated rings. The molecule has 0 aliphatic heterocycles. The van der Waals surface area contributed by atoms with Crippen LogP contribution in [0, 0.1) is 5.92 Å². The number of hydrogen-bond donors (Lipinski definition) is 1. The lowest BCUT2D eigenvalue weighted by Crippen LogP contribution is -2.46. The van der Waals surface area contributed by atoms with Crippen LogP contribution >= 0.6 is 0 Å². The van der Waals surface area contributed by atoms with E-state index in [1.807, 2.05) is 6.07 Å². The minimum atomic E-state index is -0.0824. The third kappa shape index (κ3) is 2.54. The highest BCUT2D eigenvalue weighted by atomic mass is 16.2. The van der Waals surface area contributed by atoms with Crippen molar-refractivity contribution in [3.05, 3.63) is 35.9 Å². The van der Waals surface area contributed by atoms with E-state index in [9.17, 15) is 4.79 Å². The van der Waals surface area contributed by atoms with E-state index in [0.29, 0.717) is 5.91 Å². The summed E-state index contributed by atoms with van der Waals surface area (Å²) in [6.45, 7) is 0. The van der Waals surface area contributed by atoms with Crippen molar-refractivity contribution >= 4 is 5.91 Å². The summed E-state index contributed by atoms with van der Waals surface area (Å²) < 4.78 is 0. The summed E-state index contributed by atoms with van der Waals surface area (Å²) in [6.07, 6.45) is 9.23. The van der Waals surface area contributed by atoms with E-state index in [1.54, 1.807) is 0 Å². The van der Waals surface area contributed by atoms with Crippen molar-refractivity contribution in [1.82, 2.24) is 5.32 Å². The number of amides is 1. The monoisotopic (exact) mass is 257 g/mol. The Kier molecular flexibility index (Phi) is 3.58. The molecule has 0 saturated heterocycles. The SMILES string of the molecule is O=C(NC1(c2ccccc2)CCCC1)C1CCCC1. The van der Waals surface area contributed by atoms with Gasteiger partial charge in [-0.05, 0) is 31.2 Å². The van der Waals surface area contributed by atoms with Crippen molar-refractivity contribution < 1.29 is 4.79 Å². The fraction of sp³-hybridized carbons (Fsp3) is 0.588. The van der Waals surface area contributed by atoms with E-state index < -0.39 is 0 Å². The highest BCUT2D eigenvalue weighted by Crippen LogP contribution is 2.39. The Morgan fingerprint density at radius 2 is 1.63 bits per heavy atom. The minimum Gasteiger partial charge on any atom is -0.346 e. The Labute approximate surface area is 115 Å². The third-order valence-electron chi connectivity index (χ3n) is 4.87. The molecule has 102 valence electrons. The molecular formula is C17H23NO. The summed E-state index contributed by atoms with van der Waals surface area (Å²) >= 11 is 0. The van der Waals surface area contributed by atoms with Crippen LogP contribution < -0.4 is 5.32 Å². The van der Waals surface area contributed by atoms with Crippen LogP contribution in [0.15, 0.2) is 30.3 Å². The number of hydrogen-bond acceptors (Lipinski definition) is 1. The van der Waals surface area contributed by atoms with Gasteiger partial charge in [-0.25, -0.2) is 0 Å². The lowest BCUT2D eigenvalue weighted by molar-refractivity contribution is -0.126. The van der Waals surface area contributed by atoms with E-state index in [0.717, 1.165) is 25.7 Å². The zero-order valence-corrected chi connectivity index (χ0v) is 11.5. The van der Waals surface area contributed by atoms with Crippen LogP contribution in [-0.2, 0) is 10.3 Å². The number of rotatable bonds is 3. The molecule has 0 heterocycles. The summed E-state index contributed by atoms with van der Waals surface area (Å²) in [5, 5.41) is 3.41. The van der Waals surface area contributed by atoms with Crippen LogP contribution in [0.3, 0.4) is 0 Å². The van der Waals surface area contributed by atoms with Gasteiger partial charge in [-0.3, -0.25) is 4.79 Å². The van der Waals surface area contributed by atoms with Gasteiger partial charge in [0.25, 0.3) is 0 Å². The molecule has 0 aromatic heterocycles. The predicted molar refractivity (Wildman–Crippen MR) is 76.7 cm³/mol. The first kappa shape index (κ1) is 12.7. The zero-order chi connectivity index (χ0) is 13.1. The van der Waals surface area contributed by atoms with Crippen molar-refractivity contribution in [1.29, 1.82) is 0 Å². The second-order valence-corrected chi connectivity index (χ2v) is 6.13. The van der Waals surface area contributed by atoms with Crippen molar-refractivity contribution in [2.45, 2.75) is 56.9 Å². The smallest absolute Gasteiger partial charge is 0.223 e. The van der Waals surface area contributed by atoms with Gasteiger partial charge in [0.05, 0.1) is 5.54 Å². The molecule has 2 saturated carbocycles. The van der Waals surface area contributed by atoms with Gasteiger partial charge in [0, 0.05) is 5.92 Å². The van der Waals surface area contributed by atoms with Crippen LogP contribution in [0.2, 0.25) is 0 Å². The van der Waals surface area contributed by atoms with Crippen LogP contribution in [0.4, 0.5) is 0 Å². The maximum Gasteiger partial charge on any atom is 0.223 e. The summed E-state index contributed by atoms with van der Waals surface area (Å²) in [5.74, 6) is 0.560. The number of nitrogens with one attached hydrogen (secondary N) is 1. The average molecular weight is 257 g/mol. The highest BCUT2D eigenvalue weighted by molar-refractivity contribution is 5.80. The standard InChI is InChI=1S/C17H23NO/c19-16(14-8-4-5-9-14)18-17(12-6-7-13-17)15-10-2-1-3-11-15/h1-3,10-11,14H,4-9,12-13H2,(H,18,19). The lowest BCUT2D eigenvalue weighted by atomic mass is 9.87. The van der Waals surface area contributed by atoms with E-state index in [2.05, 4.69) is 29.6 Å². The van der Waals surface area contributed by atoms with E-state index >= 15 is 0 Å². The van der Waals surface area contributed by atoms with Crippen molar-refractivity contribution in [2.24, 2.45) is 5.92 Å². The van der Waals surface area contributed by atoms with Gasteiger partial charge >= 0.3 is 0 Å². The largest absolute Gasteiger partial charge is 0.346 e. The molecule has 0 bridgehead atoms. The average Bonchev–Trinajstić information content (AvgIpc) is 3.11. The first-order valence-corrected chi connectivity index (χ1v) is 7.68. The van der Waals surface area contributed by atoms with Gasteiger partial charge in [-0.1, -0.05) is 56.0 Å². The predicted octanol–water partition coefficient (Wildman–Crippen LogP) is 3.76. The maximum absolute atomic E-state index is 12.5. The summed E-state index contributed by atoms with van der Waals surface area (Å²) in [4.78, 5) is 12.5. The Hall–Kier alpha value is -1.31. The molecule has 0 atom stereocenters. The fourth-order valence-corrected chi connectivity index (χ4v) is 3.75. The molecule has 0 spiro atoms. The molecule has 2 heteroatoms. The molecule has 1 aromatic carbocycles. The molecule has 1 aromatic rings. The van der Waals surface area contributed by atoms with Gasteiger partial charge in [0.2, 0.25) is 5.91 Å². The molecule has 2 aliphatic carbocycles. The Morgan fingerprint density at radius 1 is 1.00 bits per heavy atom. The molecule has 19 heavy (non-hydrogen) atoms. The van der Waals surface area contributed by atoms with Gasteiger partial charge < -0.3 is 5.32 Å². The second kappa shape index (κ2) is 5.36. The first-order chi connectivity index (χ1) is 9.30. The molecular weight excluding hydrogens is 234 g/mol. The Morgan fingerprint density at radius 3 is 2.26 bits per heavy atom. The molecule has 2 nitrogen and oxygen atoms in total. The lowest BCUT2D eigenvalue weighted by Gasteiger charge is -2.32. The van der Waals surface area contributed by atoms with E-state index in [1.165, 1.54) is 31.2 Å². The maximum atomic E-state index is 12.5. The highest BCUT2D eigenvalue weighted by Gasteiger charge is 2.38. The molecule has 1 amide bonds. The Bertz CT molecular complexity index is 428. The van der Waals surface area contributed by atoms with Crippen molar-refractivity contribution in [2.75, 3.05) is 0 Å². The summed E-state index contributed by atoms with van der Waals surface area (Å²) in [6, 6.07) is 10.5. The van der Waals surface area contributed by atoms with E-state index in [-0.39, 0.29) is 11.5 Å². The molecule has 2 aliphatic rings. The van der Waals surface area contributed by atoms with Crippen LogP contribution in [0.25, 0.3) is 0 Å². The summed E-state index contributed by atoms with van der Waals surface area (Å²) in [7, 11) is 0. The molecule has 1 N–H and O–H groups in total. The molecule has 3 rings (SSSR count). The molecule has 0 radical (unpaired) electrons. The minimum absolute atomic E-state index is 0.0824. The van der Waals surface area contributed by atoms with Crippen molar-refractivity contribution in [3.63, 3.8) is 0 Å². The van der Waals surface area contributed by atoms with Gasteiger partial charge in [0.15, 0.2) is 0 Å². The van der Waals surface area contributed by atoms with Crippen LogP contribution in [-0.4, -0.2) is 5.91 Å². The number of carbonyl (C=O) groups is 1. The first-order valence-electron chi connectivity index (χ1n) is 7.68. The fourth-order valence-electron chi connectivity index (χ4n) is 3.75. The van der Waals surface area contributed by atoms with Crippen LogP contribution in [0.1, 0.15) is 56.9 Å². The molecule has 0 unspecified atom stereocenters. The second-order valence-electron chi connectivity index (χ2n) is 6.13. The quantitative estimate of drug-likeness (QED) is 0.877. The van der Waals surface area contributed by atoms with Gasteiger partial charge in [-0.2, -0.15) is 0 Å².